The number of hydrogen-bond donors (Lipinski definition) is 0. The van der Waals surface area contributed by atoms with Gasteiger partial charge in [-0.05, 0) is 31.4 Å². The second-order valence-corrected chi connectivity index (χ2v) is 5.28. The largest absolute Gasteiger partial charge is 0.353 e. The minimum absolute atomic E-state index is 0.342. The van der Waals surface area contributed by atoms with Crippen molar-refractivity contribution in [3.05, 3.63) is 23.9 Å². The summed E-state index contributed by atoms with van der Waals surface area (Å²) >= 11 is 0. The molecule has 1 aromatic heterocycles. The molecule has 0 radical (unpaired) electrons. The van der Waals surface area contributed by atoms with Crippen molar-refractivity contribution in [3.63, 3.8) is 0 Å². The second-order valence-electron chi connectivity index (χ2n) is 5.28. The monoisotopic (exact) mass is 245 g/mol. The minimum atomic E-state index is 0.342. The highest BCUT2D eigenvalue weighted by molar-refractivity contribution is 5.81. The highest BCUT2D eigenvalue weighted by Gasteiger charge is 2.34. The summed E-state index contributed by atoms with van der Waals surface area (Å²) in [5, 5.41) is 0. The van der Waals surface area contributed by atoms with Gasteiger partial charge in [0.05, 0.1) is 0 Å². The van der Waals surface area contributed by atoms with Crippen molar-refractivity contribution in [2.45, 2.75) is 19.8 Å². The first-order valence-corrected chi connectivity index (χ1v) is 6.70. The van der Waals surface area contributed by atoms with Crippen LogP contribution in [0.3, 0.4) is 0 Å². The molecule has 1 saturated heterocycles. The van der Waals surface area contributed by atoms with Crippen LogP contribution in [0.2, 0.25) is 0 Å². The predicted octanol–water partition coefficient (Wildman–Crippen LogP) is 1.45. The lowest BCUT2D eigenvalue weighted by molar-refractivity contribution is -0.132. The number of pyridine rings is 1. The van der Waals surface area contributed by atoms with Crippen LogP contribution in [0.1, 0.15) is 18.4 Å². The molecule has 2 fully saturated rings. The van der Waals surface area contributed by atoms with Gasteiger partial charge in [0.25, 0.3) is 0 Å². The number of amides is 1. The molecule has 1 aliphatic carbocycles. The number of carbonyl (C=O) groups excluding carboxylic acids is 1. The van der Waals surface area contributed by atoms with Crippen molar-refractivity contribution in [2.24, 2.45) is 5.92 Å². The molecule has 3 rings (SSSR count). The van der Waals surface area contributed by atoms with Crippen molar-refractivity contribution >= 4 is 11.7 Å². The number of piperazine rings is 1. The van der Waals surface area contributed by atoms with Gasteiger partial charge in [-0.1, -0.05) is 6.07 Å². The zero-order valence-corrected chi connectivity index (χ0v) is 10.8. The number of anilines is 1. The third-order valence-electron chi connectivity index (χ3n) is 3.74. The summed E-state index contributed by atoms with van der Waals surface area (Å²) in [6.07, 6.45) is 4.09. The van der Waals surface area contributed by atoms with Gasteiger partial charge >= 0.3 is 0 Å². The molecule has 2 heterocycles. The summed E-state index contributed by atoms with van der Waals surface area (Å²) in [5.41, 5.74) is 1.18. The molecule has 18 heavy (non-hydrogen) atoms. The number of nitrogens with zero attached hydrogens (tertiary/aromatic N) is 3. The molecule has 0 aromatic carbocycles. The molecule has 96 valence electrons. The number of aromatic nitrogens is 1. The highest BCUT2D eigenvalue weighted by atomic mass is 16.2. The number of aryl methyl sites for hydroxylation is 1. The molecule has 0 unspecified atom stereocenters. The van der Waals surface area contributed by atoms with Crippen molar-refractivity contribution in [1.82, 2.24) is 9.88 Å². The molecule has 2 aliphatic rings. The van der Waals surface area contributed by atoms with Crippen LogP contribution in [0, 0.1) is 12.8 Å². The summed E-state index contributed by atoms with van der Waals surface area (Å²) < 4.78 is 0. The van der Waals surface area contributed by atoms with Gasteiger partial charge in [0, 0.05) is 38.3 Å². The Morgan fingerprint density at radius 3 is 2.50 bits per heavy atom. The van der Waals surface area contributed by atoms with E-state index in [1.807, 2.05) is 18.0 Å². The second kappa shape index (κ2) is 4.59. The molecule has 1 saturated carbocycles. The van der Waals surface area contributed by atoms with E-state index in [0.29, 0.717) is 11.8 Å². The normalized spacial score (nSPS) is 20.1. The lowest BCUT2D eigenvalue weighted by atomic mass is 10.2. The third kappa shape index (κ3) is 2.33. The Morgan fingerprint density at radius 2 is 1.94 bits per heavy atom. The number of hydrogen-bond acceptors (Lipinski definition) is 3. The van der Waals surface area contributed by atoms with E-state index in [0.717, 1.165) is 44.8 Å². The molecule has 0 spiro atoms. The molecule has 1 aromatic rings. The Labute approximate surface area is 108 Å². The SMILES string of the molecule is Cc1ccc(N2CCN(C(=O)C3CC3)CC2)nc1. The lowest BCUT2D eigenvalue weighted by Crippen LogP contribution is -2.49. The van der Waals surface area contributed by atoms with E-state index in [-0.39, 0.29) is 0 Å². The first-order valence-electron chi connectivity index (χ1n) is 6.70. The van der Waals surface area contributed by atoms with Crippen LogP contribution in [0.5, 0.6) is 0 Å². The highest BCUT2D eigenvalue weighted by Crippen LogP contribution is 2.31. The quantitative estimate of drug-likeness (QED) is 0.791. The van der Waals surface area contributed by atoms with E-state index in [2.05, 4.69) is 22.0 Å². The average Bonchev–Trinajstić information content (AvgIpc) is 3.23. The lowest BCUT2D eigenvalue weighted by Gasteiger charge is -2.35. The molecule has 1 amide bonds. The first-order chi connectivity index (χ1) is 8.74. The fourth-order valence-electron chi connectivity index (χ4n) is 2.39. The number of rotatable bonds is 2. The van der Waals surface area contributed by atoms with Crippen molar-refractivity contribution in [1.29, 1.82) is 0 Å². The van der Waals surface area contributed by atoms with Crippen molar-refractivity contribution < 1.29 is 4.79 Å². The summed E-state index contributed by atoms with van der Waals surface area (Å²) in [6, 6.07) is 4.15. The van der Waals surface area contributed by atoms with Gasteiger partial charge in [0.15, 0.2) is 0 Å². The fourth-order valence-corrected chi connectivity index (χ4v) is 2.39. The average molecular weight is 245 g/mol. The maximum absolute atomic E-state index is 11.9. The molecule has 0 N–H and O–H groups in total. The Bertz CT molecular complexity index is 431. The van der Waals surface area contributed by atoms with Crippen LogP contribution in [-0.2, 0) is 4.79 Å². The standard InChI is InChI=1S/C14H19N3O/c1-11-2-5-13(15-10-11)16-6-8-17(9-7-16)14(18)12-3-4-12/h2,5,10,12H,3-4,6-9H2,1H3. The van der Waals surface area contributed by atoms with Gasteiger partial charge in [0.2, 0.25) is 5.91 Å². The van der Waals surface area contributed by atoms with E-state index in [4.69, 9.17) is 0 Å². The van der Waals surface area contributed by atoms with Crippen LogP contribution in [0.15, 0.2) is 18.3 Å². The number of carbonyl (C=O) groups is 1. The molecule has 0 bridgehead atoms. The summed E-state index contributed by atoms with van der Waals surface area (Å²) in [4.78, 5) is 20.7. The zero-order valence-electron chi connectivity index (χ0n) is 10.8. The summed E-state index contributed by atoms with van der Waals surface area (Å²) in [6.45, 7) is 5.52. The fraction of sp³-hybridized carbons (Fsp3) is 0.571. The van der Waals surface area contributed by atoms with E-state index in [9.17, 15) is 4.79 Å². The van der Waals surface area contributed by atoms with E-state index >= 15 is 0 Å². The predicted molar refractivity (Wildman–Crippen MR) is 70.5 cm³/mol. The van der Waals surface area contributed by atoms with Crippen LogP contribution in [0.4, 0.5) is 5.82 Å². The summed E-state index contributed by atoms with van der Waals surface area (Å²) in [5.74, 6) is 1.74. The van der Waals surface area contributed by atoms with Crippen LogP contribution in [-0.4, -0.2) is 42.0 Å². The minimum Gasteiger partial charge on any atom is -0.353 e. The Balaban J connectivity index is 1.59. The molecular formula is C14H19N3O. The summed E-state index contributed by atoms with van der Waals surface area (Å²) in [7, 11) is 0. The van der Waals surface area contributed by atoms with Crippen LogP contribution < -0.4 is 4.90 Å². The van der Waals surface area contributed by atoms with E-state index < -0.39 is 0 Å². The van der Waals surface area contributed by atoms with Crippen LogP contribution in [0.25, 0.3) is 0 Å². The molecule has 4 heteroatoms. The van der Waals surface area contributed by atoms with Gasteiger partial charge < -0.3 is 9.80 Å². The zero-order chi connectivity index (χ0) is 12.5. The smallest absolute Gasteiger partial charge is 0.225 e. The maximum atomic E-state index is 11.9. The Hall–Kier alpha value is -1.58. The maximum Gasteiger partial charge on any atom is 0.225 e. The van der Waals surface area contributed by atoms with Gasteiger partial charge in [-0.25, -0.2) is 4.98 Å². The van der Waals surface area contributed by atoms with E-state index in [1.54, 1.807) is 0 Å². The Kier molecular flexibility index (Phi) is 2.94. The van der Waals surface area contributed by atoms with E-state index in [1.165, 1.54) is 5.56 Å². The molecule has 1 aliphatic heterocycles. The van der Waals surface area contributed by atoms with Crippen LogP contribution >= 0.6 is 0 Å². The Morgan fingerprint density at radius 1 is 1.22 bits per heavy atom. The first kappa shape index (κ1) is 11.5. The molecular weight excluding hydrogens is 226 g/mol. The van der Waals surface area contributed by atoms with Gasteiger partial charge in [-0.2, -0.15) is 0 Å². The van der Waals surface area contributed by atoms with Crippen molar-refractivity contribution in [3.8, 4) is 0 Å². The third-order valence-corrected chi connectivity index (χ3v) is 3.74. The van der Waals surface area contributed by atoms with Gasteiger partial charge in [-0.15, -0.1) is 0 Å². The van der Waals surface area contributed by atoms with Gasteiger partial charge in [-0.3, -0.25) is 4.79 Å². The topological polar surface area (TPSA) is 36.4 Å². The van der Waals surface area contributed by atoms with Gasteiger partial charge in [0.1, 0.15) is 5.82 Å². The molecule has 0 atom stereocenters. The molecule has 4 nitrogen and oxygen atoms in total. The van der Waals surface area contributed by atoms with Crippen molar-refractivity contribution in [2.75, 3.05) is 31.1 Å².